The van der Waals surface area contributed by atoms with Gasteiger partial charge in [0.25, 0.3) is 0 Å². The van der Waals surface area contributed by atoms with E-state index in [9.17, 15) is 4.79 Å². The minimum atomic E-state index is 0.127. The quantitative estimate of drug-likeness (QED) is 0.733. The van der Waals surface area contributed by atoms with E-state index in [0.29, 0.717) is 0 Å². The number of nitrogens with zero attached hydrogens (tertiary/aromatic N) is 1. The Balaban J connectivity index is 2.24. The molecule has 0 saturated carbocycles. The Morgan fingerprint density at radius 1 is 1.38 bits per heavy atom. The standard InChI is InChI=1S/C13H17NO2/c1-3-14(4-2)9-10-5-6-12-11(13(10)15)7-8-16-12/h7-9H,3-6H2,1-2H3/b10-9+. The third kappa shape index (κ3) is 1.90. The van der Waals surface area contributed by atoms with E-state index in [4.69, 9.17) is 4.42 Å². The van der Waals surface area contributed by atoms with Crippen LogP contribution in [0.2, 0.25) is 0 Å². The first-order valence-corrected chi connectivity index (χ1v) is 5.82. The Hall–Kier alpha value is -1.51. The van der Waals surface area contributed by atoms with Gasteiger partial charge in [0, 0.05) is 31.3 Å². The monoisotopic (exact) mass is 219 g/mol. The Morgan fingerprint density at radius 2 is 2.12 bits per heavy atom. The molecule has 1 aromatic heterocycles. The largest absolute Gasteiger partial charge is 0.469 e. The molecule has 86 valence electrons. The van der Waals surface area contributed by atoms with Gasteiger partial charge in [-0.2, -0.15) is 0 Å². The Morgan fingerprint density at radius 3 is 2.81 bits per heavy atom. The third-order valence-electron chi connectivity index (χ3n) is 3.05. The van der Waals surface area contributed by atoms with E-state index in [0.717, 1.165) is 42.8 Å². The molecule has 0 radical (unpaired) electrons. The molecule has 0 amide bonds. The van der Waals surface area contributed by atoms with Gasteiger partial charge in [-0.15, -0.1) is 0 Å². The summed E-state index contributed by atoms with van der Waals surface area (Å²) in [5.74, 6) is 0.962. The topological polar surface area (TPSA) is 33.5 Å². The van der Waals surface area contributed by atoms with Crippen molar-refractivity contribution in [2.75, 3.05) is 13.1 Å². The SMILES string of the molecule is CCN(/C=C1\CCc2occc2C1=O)CC. The van der Waals surface area contributed by atoms with E-state index in [-0.39, 0.29) is 5.78 Å². The number of fused-ring (bicyclic) bond motifs is 1. The predicted octanol–water partition coefficient (Wildman–Crippen LogP) is 2.63. The fourth-order valence-corrected chi connectivity index (χ4v) is 2.02. The Labute approximate surface area is 95.7 Å². The molecule has 3 heteroatoms. The minimum absolute atomic E-state index is 0.127. The molecular formula is C13H17NO2. The predicted molar refractivity (Wildman–Crippen MR) is 62.4 cm³/mol. The van der Waals surface area contributed by atoms with Gasteiger partial charge in [-0.1, -0.05) is 0 Å². The van der Waals surface area contributed by atoms with Gasteiger partial charge in [0.05, 0.1) is 11.8 Å². The van der Waals surface area contributed by atoms with Crippen LogP contribution in [0.1, 0.15) is 36.4 Å². The molecule has 1 aromatic rings. The zero-order valence-corrected chi connectivity index (χ0v) is 9.82. The van der Waals surface area contributed by atoms with Gasteiger partial charge in [0.1, 0.15) is 5.76 Å². The molecule has 0 saturated heterocycles. The second kappa shape index (κ2) is 4.56. The molecule has 0 bridgehead atoms. The van der Waals surface area contributed by atoms with E-state index in [1.807, 2.05) is 6.20 Å². The van der Waals surface area contributed by atoms with Gasteiger partial charge < -0.3 is 9.32 Å². The molecular weight excluding hydrogens is 202 g/mol. The maximum absolute atomic E-state index is 12.1. The number of ketones is 1. The summed E-state index contributed by atoms with van der Waals surface area (Å²) in [6, 6.07) is 1.77. The van der Waals surface area contributed by atoms with Crippen molar-refractivity contribution in [3.8, 4) is 0 Å². The highest BCUT2D eigenvalue weighted by atomic mass is 16.3. The van der Waals surface area contributed by atoms with Crippen molar-refractivity contribution in [2.45, 2.75) is 26.7 Å². The Bertz CT molecular complexity index is 413. The normalized spacial score (nSPS) is 17.6. The zero-order chi connectivity index (χ0) is 11.5. The summed E-state index contributed by atoms with van der Waals surface area (Å²) >= 11 is 0. The number of aryl methyl sites for hydroxylation is 1. The lowest BCUT2D eigenvalue weighted by atomic mass is 9.92. The average molecular weight is 219 g/mol. The maximum atomic E-state index is 12.1. The average Bonchev–Trinajstić information content (AvgIpc) is 2.77. The summed E-state index contributed by atoms with van der Waals surface area (Å²) in [5.41, 5.74) is 1.64. The van der Waals surface area contributed by atoms with Crippen LogP contribution < -0.4 is 0 Å². The van der Waals surface area contributed by atoms with Crippen LogP contribution in [0.3, 0.4) is 0 Å². The number of carbonyl (C=O) groups excluding carboxylic acids is 1. The molecule has 0 aromatic carbocycles. The first-order chi connectivity index (χ1) is 7.76. The van der Waals surface area contributed by atoms with Crippen LogP contribution in [-0.2, 0) is 6.42 Å². The lowest BCUT2D eigenvalue weighted by molar-refractivity contribution is 0.102. The molecule has 0 aliphatic heterocycles. The van der Waals surface area contributed by atoms with Crippen LogP contribution in [-0.4, -0.2) is 23.8 Å². The number of rotatable bonds is 3. The van der Waals surface area contributed by atoms with Crippen molar-refractivity contribution in [3.05, 3.63) is 35.4 Å². The fraction of sp³-hybridized carbons (Fsp3) is 0.462. The zero-order valence-electron chi connectivity index (χ0n) is 9.82. The van der Waals surface area contributed by atoms with Crippen molar-refractivity contribution >= 4 is 5.78 Å². The second-order valence-electron chi connectivity index (χ2n) is 3.96. The van der Waals surface area contributed by atoms with Gasteiger partial charge in [-0.05, 0) is 26.3 Å². The van der Waals surface area contributed by atoms with Crippen LogP contribution >= 0.6 is 0 Å². The second-order valence-corrected chi connectivity index (χ2v) is 3.96. The summed E-state index contributed by atoms with van der Waals surface area (Å²) in [6.07, 6.45) is 5.22. The van der Waals surface area contributed by atoms with Crippen molar-refractivity contribution in [3.63, 3.8) is 0 Å². The summed E-state index contributed by atoms with van der Waals surface area (Å²) in [6.45, 7) is 6.06. The molecule has 1 aliphatic rings. The smallest absolute Gasteiger partial charge is 0.193 e. The summed E-state index contributed by atoms with van der Waals surface area (Å²) in [4.78, 5) is 14.2. The van der Waals surface area contributed by atoms with E-state index in [2.05, 4.69) is 18.7 Å². The molecule has 0 fully saturated rings. The molecule has 0 unspecified atom stereocenters. The van der Waals surface area contributed by atoms with Gasteiger partial charge in [0.2, 0.25) is 0 Å². The molecule has 0 spiro atoms. The van der Waals surface area contributed by atoms with Gasteiger partial charge in [-0.3, -0.25) is 4.79 Å². The van der Waals surface area contributed by atoms with Gasteiger partial charge in [-0.25, -0.2) is 0 Å². The van der Waals surface area contributed by atoms with Gasteiger partial charge >= 0.3 is 0 Å². The first kappa shape index (κ1) is 11.0. The summed E-state index contributed by atoms with van der Waals surface area (Å²) in [7, 11) is 0. The van der Waals surface area contributed by atoms with Gasteiger partial charge in [0.15, 0.2) is 5.78 Å². The van der Waals surface area contributed by atoms with Crippen LogP contribution in [0.25, 0.3) is 0 Å². The minimum Gasteiger partial charge on any atom is -0.469 e. The van der Waals surface area contributed by atoms with Crippen molar-refractivity contribution in [2.24, 2.45) is 0 Å². The van der Waals surface area contributed by atoms with Crippen LogP contribution in [0.4, 0.5) is 0 Å². The highest BCUT2D eigenvalue weighted by Crippen LogP contribution is 2.26. The molecule has 16 heavy (non-hydrogen) atoms. The number of Topliss-reactive ketones (excluding diaryl/α,β-unsaturated/α-hetero) is 1. The third-order valence-corrected chi connectivity index (χ3v) is 3.05. The lowest BCUT2D eigenvalue weighted by Crippen LogP contribution is -2.20. The molecule has 1 heterocycles. The summed E-state index contributed by atoms with van der Waals surface area (Å²) in [5, 5.41) is 0. The van der Waals surface area contributed by atoms with E-state index >= 15 is 0 Å². The van der Waals surface area contributed by atoms with Crippen molar-refractivity contribution in [1.82, 2.24) is 4.90 Å². The summed E-state index contributed by atoms with van der Waals surface area (Å²) < 4.78 is 5.27. The number of allylic oxidation sites excluding steroid dienone is 1. The van der Waals surface area contributed by atoms with Crippen molar-refractivity contribution < 1.29 is 9.21 Å². The van der Waals surface area contributed by atoms with Crippen LogP contribution in [0.15, 0.2) is 28.5 Å². The number of hydrogen-bond acceptors (Lipinski definition) is 3. The number of carbonyl (C=O) groups is 1. The number of hydrogen-bond donors (Lipinski definition) is 0. The van der Waals surface area contributed by atoms with Crippen LogP contribution in [0, 0.1) is 0 Å². The highest BCUT2D eigenvalue weighted by molar-refractivity contribution is 6.10. The van der Waals surface area contributed by atoms with E-state index in [1.54, 1.807) is 12.3 Å². The molecule has 3 nitrogen and oxygen atoms in total. The Kier molecular flexibility index (Phi) is 3.13. The van der Waals surface area contributed by atoms with E-state index < -0.39 is 0 Å². The molecule has 0 N–H and O–H groups in total. The van der Waals surface area contributed by atoms with E-state index in [1.165, 1.54) is 0 Å². The fourth-order valence-electron chi connectivity index (χ4n) is 2.02. The molecule has 2 rings (SSSR count). The lowest BCUT2D eigenvalue weighted by Gasteiger charge is -2.19. The number of furan rings is 1. The van der Waals surface area contributed by atoms with Crippen LogP contribution in [0.5, 0.6) is 0 Å². The maximum Gasteiger partial charge on any atom is 0.193 e. The molecule has 0 atom stereocenters. The highest BCUT2D eigenvalue weighted by Gasteiger charge is 2.24. The molecule has 1 aliphatic carbocycles. The first-order valence-electron chi connectivity index (χ1n) is 5.82. The van der Waals surface area contributed by atoms with Crippen molar-refractivity contribution in [1.29, 1.82) is 0 Å².